The zero-order chi connectivity index (χ0) is 13.9. The lowest BCUT2D eigenvalue weighted by atomic mass is 9.91. The molecule has 4 nitrogen and oxygen atoms in total. The topological polar surface area (TPSA) is 56.5 Å². The van der Waals surface area contributed by atoms with Crippen LogP contribution in [-0.4, -0.2) is 30.9 Å². The second kappa shape index (κ2) is 5.75. The van der Waals surface area contributed by atoms with E-state index in [9.17, 15) is 0 Å². The Kier molecular flexibility index (Phi) is 4.27. The predicted octanol–water partition coefficient (Wildman–Crippen LogP) is 2.31. The van der Waals surface area contributed by atoms with Crippen molar-refractivity contribution < 1.29 is 9.47 Å². The van der Waals surface area contributed by atoms with Gasteiger partial charge >= 0.3 is 0 Å². The molecule has 0 amide bonds. The van der Waals surface area contributed by atoms with Gasteiger partial charge in [0.25, 0.3) is 0 Å². The summed E-state index contributed by atoms with van der Waals surface area (Å²) in [6.07, 6.45) is 1.92. The quantitative estimate of drug-likeness (QED) is 0.829. The summed E-state index contributed by atoms with van der Waals surface area (Å²) in [6.45, 7) is 3.74. The summed E-state index contributed by atoms with van der Waals surface area (Å²) in [7, 11) is 1.65. The summed E-state index contributed by atoms with van der Waals surface area (Å²) in [5, 5.41) is 3.55. The first-order valence-corrected chi connectivity index (χ1v) is 6.79. The van der Waals surface area contributed by atoms with Crippen LogP contribution >= 0.6 is 12.2 Å². The maximum atomic E-state index is 5.78. The molecule has 0 aliphatic carbocycles. The molecule has 0 aromatic heterocycles. The first-order chi connectivity index (χ1) is 9.04. The predicted molar refractivity (Wildman–Crippen MR) is 81.0 cm³/mol. The number of benzene rings is 1. The summed E-state index contributed by atoms with van der Waals surface area (Å²) in [4.78, 5) is 0.390. The van der Waals surface area contributed by atoms with Gasteiger partial charge in [0.1, 0.15) is 10.7 Å². The monoisotopic (exact) mass is 280 g/mol. The van der Waals surface area contributed by atoms with Crippen molar-refractivity contribution in [3.05, 3.63) is 23.8 Å². The number of nitrogens with two attached hydrogens (primary N) is 1. The van der Waals surface area contributed by atoms with E-state index in [4.69, 9.17) is 27.4 Å². The third kappa shape index (κ3) is 3.36. The summed E-state index contributed by atoms with van der Waals surface area (Å²) in [5.41, 5.74) is 7.56. The number of anilines is 1. The van der Waals surface area contributed by atoms with E-state index < -0.39 is 0 Å². The number of ether oxygens (including phenoxy) is 2. The largest absolute Gasteiger partial charge is 0.497 e. The smallest absolute Gasteiger partial charge is 0.120 e. The molecule has 0 bridgehead atoms. The number of rotatable bonds is 4. The molecule has 5 heteroatoms. The van der Waals surface area contributed by atoms with Crippen LogP contribution in [0.15, 0.2) is 18.2 Å². The van der Waals surface area contributed by atoms with E-state index in [0.717, 1.165) is 43.1 Å². The number of hydrogen-bond donors (Lipinski definition) is 2. The van der Waals surface area contributed by atoms with E-state index >= 15 is 0 Å². The van der Waals surface area contributed by atoms with E-state index in [-0.39, 0.29) is 5.54 Å². The summed E-state index contributed by atoms with van der Waals surface area (Å²) in [6, 6.07) is 5.70. The molecule has 19 heavy (non-hydrogen) atoms. The van der Waals surface area contributed by atoms with Crippen molar-refractivity contribution in [1.29, 1.82) is 0 Å². The molecule has 1 aliphatic heterocycles. The highest BCUT2D eigenvalue weighted by Gasteiger charge is 2.28. The fraction of sp³-hybridized carbons (Fsp3) is 0.500. The first kappa shape index (κ1) is 14.1. The van der Waals surface area contributed by atoms with Crippen molar-refractivity contribution in [3.63, 3.8) is 0 Å². The lowest BCUT2D eigenvalue weighted by molar-refractivity contribution is 0.0658. The van der Waals surface area contributed by atoms with Gasteiger partial charge in [-0.3, -0.25) is 0 Å². The standard InChI is InChI=1S/C14H20N2O2S/c1-14(5-7-18-8-6-14)16-12-9-10(17-2)3-4-11(12)13(15)19/h3-4,9,16H,5-8H2,1-2H3,(H2,15,19). The van der Waals surface area contributed by atoms with Crippen molar-refractivity contribution in [2.45, 2.75) is 25.3 Å². The van der Waals surface area contributed by atoms with Crippen LogP contribution in [0.1, 0.15) is 25.3 Å². The second-order valence-electron chi connectivity index (χ2n) is 5.07. The highest BCUT2D eigenvalue weighted by atomic mass is 32.1. The third-order valence-electron chi connectivity index (χ3n) is 3.52. The molecule has 1 aromatic carbocycles. The highest BCUT2D eigenvalue weighted by molar-refractivity contribution is 7.80. The van der Waals surface area contributed by atoms with Crippen LogP contribution < -0.4 is 15.8 Å². The Labute approximate surface area is 119 Å². The van der Waals surface area contributed by atoms with Crippen LogP contribution in [0.5, 0.6) is 5.75 Å². The fourth-order valence-corrected chi connectivity index (χ4v) is 2.42. The van der Waals surface area contributed by atoms with Gasteiger partial charge in [-0.2, -0.15) is 0 Å². The molecular weight excluding hydrogens is 260 g/mol. The maximum Gasteiger partial charge on any atom is 0.120 e. The molecule has 104 valence electrons. The summed E-state index contributed by atoms with van der Waals surface area (Å²) in [5.74, 6) is 0.790. The summed E-state index contributed by atoms with van der Waals surface area (Å²) >= 11 is 5.11. The average Bonchev–Trinajstić information content (AvgIpc) is 2.38. The van der Waals surface area contributed by atoms with E-state index in [1.165, 1.54) is 0 Å². The minimum absolute atomic E-state index is 0.00412. The van der Waals surface area contributed by atoms with Gasteiger partial charge in [0, 0.05) is 36.1 Å². The minimum Gasteiger partial charge on any atom is -0.497 e. The van der Waals surface area contributed by atoms with Crippen molar-refractivity contribution in [1.82, 2.24) is 0 Å². The van der Waals surface area contributed by atoms with Gasteiger partial charge in [0.05, 0.1) is 7.11 Å². The van der Waals surface area contributed by atoms with E-state index in [1.807, 2.05) is 18.2 Å². The number of methoxy groups -OCH3 is 1. The molecular formula is C14H20N2O2S. The Hall–Kier alpha value is -1.33. The van der Waals surface area contributed by atoms with Crippen molar-refractivity contribution in [2.75, 3.05) is 25.6 Å². The Morgan fingerprint density at radius 1 is 1.42 bits per heavy atom. The van der Waals surface area contributed by atoms with Crippen LogP contribution in [-0.2, 0) is 4.74 Å². The highest BCUT2D eigenvalue weighted by Crippen LogP contribution is 2.30. The van der Waals surface area contributed by atoms with Crippen LogP contribution in [0.4, 0.5) is 5.69 Å². The molecule has 1 saturated heterocycles. The molecule has 0 radical (unpaired) electrons. The molecule has 2 rings (SSSR count). The molecule has 1 aliphatic rings. The Bertz CT molecular complexity index is 471. The lowest BCUT2D eigenvalue weighted by Crippen LogP contribution is -2.41. The van der Waals surface area contributed by atoms with Crippen LogP contribution in [0.3, 0.4) is 0 Å². The normalized spacial score (nSPS) is 17.8. The number of thiocarbonyl (C=S) groups is 1. The number of nitrogens with one attached hydrogen (secondary N) is 1. The van der Waals surface area contributed by atoms with Crippen LogP contribution in [0.2, 0.25) is 0 Å². The van der Waals surface area contributed by atoms with E-state index in [0.29, 0.717) is 4.99 Å². The SMILES string of the molecule is COc1ccc(C(N)=S)c(NC2(C)CCOCC2)c1. The van der Waals surface area contributed by atoms with E-state index in [1.54, 1.807) is 7.11 Å². The first-order valence-electron chi connectivity index (χ1n) is 6.38. The van der Waals surface area contributed by atoms with Crippen LogP contribution in [0.25, 0.3) is 0 Å². The zero-order valence-electron chi connectivity index (χ0n) is 11.4. The average molecular weight is 280 g/mol. The van der Waals surface area contributed by atoms with Gasteiger partial charge in [-0.15, -0.1) is 0 Å². The molecule has 1 aromatic rings. The molecule has 0 atom stereocenters. The Morgan fingerprint density at radius 3 is 2.68 bits per heavy atom. The van der Waals surface area contributed by atoms with Gasteiger partial charge in [0.2, 0.25) is 0 Å². The molecule has 0 unspecified atom stereocenters. The molecule has 3 N–H and O–H groups in total. The lowest BCUT2D eigenvalue weighted by Gasteiger charge is -2.36. The fourth-order valence-electron chi connectivity index (χ4n) is 2.24. The van der Waals surface area contributed by atoms with Gasteiger partial charge in [-0.1, -0.05) is 12.2 Å². The zero-order valence-corrected chi connectivity index (χ0v) is 12.2. The van der Waals surface area contributed by atoms with Crippen molar-refractivity contribution in [3.8, 4) is 5.75 Å². The second-order valence-corrected chi connectivity index (χ2v) is 5.51. The van der Waals surface area contributed by atoms with Gasteiger partial charge in [-0.25, -0.2) is 0 Å². The molecule has 1 heterocycles. The molecule has 0 saturated carbocycles. The Morgan fingerprint density at radius 2 is 2.11 bits per heavy atom. The minimum atomic E-state index is 0.00412. The van der Waals surface area contributed by atoms with E-state index in [2.05, 4.69) is 12.2 Å². The number of hydrogen-bond acceptors (Lipinski definition) is 4. The van der Waals surface area contributed by atoms with Gasteiger partial charge in [-0.05, 0) is 31.9 Å². The molecule has 0 spiro atoms. The van der Waals surface area contributed by atoms with Crippen molar-refractivity contribution >= 4 is 22.9 Å². The third-order valence-corrected chi connectivity index (χ3v) is 3.74. The maximum absolute atomic E-state index is 5.78. The Balaban J connectivity index is 2.28. The van der Waals surface area contributed by atoms with Gasteiger partial charge < -0.3 is 20.5 Å². The van der Waals surface area contributed by atoms with Crippen molar-refractivity contribution in [2.24, 2.45) is 5.73 Å². The van der Waals surface area contributed by atoms with Crippen LogP contribution in [0, 0.1) is 0 Å². The molecule has 1 fully saturated rings. The van der Waals surface area contributed by atoms with Gasteiger partial charge in [0.15, 0.2) is 0 Å². The summed E-state index contributed by atoms with van der Waals surface area (Å²) < 4.78 is 10.7.